The molecule has 4 fully saturated rings. The molecule has 5 aliphatic rings. The number of rotatable bonds is 0. The molecule has 0 bridgehead atoms. The number of terminal acetylenes is 1. The molecule has 1 aliphatic heterocycles. The van der Waals surface area contributed by atoms with Gasteiger partial charge in [0.2, 0.25) is 0 Å². The summed E-state index contributed by atoms with van der Waals surface area (Å²) in [6.45, 7) is 6.59. The molecule has 25 heavy (non-hydrogen) atoms. The monoisotopic (exact) mass is 340 g/mol. The smallest absolute Gasteiger partial charge is 0.172 e. The van der Waals surface area contributed by atoms with Crippen molar-refractivity contribution in [3.63, 3.8) is 0 Å². The van der Waals surface area contributed by atoms with Crippen LogP contribution in [0.4, 0.5) is 0 Å². The van der Waals surface area contributed by atoms with Crippen molar-refractivity contribution in [2.45, 2.75) is 71.0 Å². The molecule has 0 N–H and O–H groups in total. The fraction of sp³-hybridized carbons (Fsp3) is 0.826. The van der Waals surface area contributed by atoms with E-state index in [9.17, 15) is 0 Å². The van der Waals surface area contributed by atoms with E-state index in [2.05, 4.69) is 25.8 Å². The quantitative estimate of drug-likeness (QED) is 0.459. The molecule has 6 atom stereocenters. The molecule has 3 saturated carbocycles. The Bertz CT molecular complexity index is 637. The topological polar surface area (TPSA) is 18.5 Å². The lowest BCUT2D eigenvalue weighted by atomic mass is 9.47. The second kappa shape index (κ2) is 5.37. The third kappa shape index (κ3) is 2.12. The van der Waals surface area contributed by atoms with Gasteiger partial charge in [-0.2, -0.15) is 0 Å². The Balaban J connectivity index is 1.45. The summed E-state index contributed by atoms with van der Waals surface area (Å²) in [5.41, 5.74) is 2.39. The van der Waals surface area contributed by atoms with Gasteiger partial charge in [-0.25, -0.2) is 0 Å². The fourth-order valence-corrected chi connectivity index (χ4v) is 7.62. The van der Waals surface area contributed by atoms with E-state index in [4.69, 9.17) is 15.9 Å². The molecule has 0 aromatic carbocycles. The molecule has 2 nitrogen and oxygen atoms in total. The van der Waals surface area contributed by atoms with Crippen LogP contribution in [0.2, 0.25) is 0 Å². The van der Waals surface area contributed by atoms with Crippen molar-refractivity contribution in [1.29, 1.82) is 0 Å². The number of allylic oxidation sites excluding steroid dienone is 1. The Kier molecular flexibility index (Phi) is 3.52. The van der Waals surface area contributed by atoms with Gasteiger partial charge in [-0.1, -0.05) is 25.5 Å². The normalized spacial score (nSPS) is 50.5. The summed E-state index contributed by atoms with van der Waals surface area (Å²) in [6.07, 6.45) is 18.3. The molecule has 1 heterocycles. The SMILES string of the molecule is C#CC1CC[C@H]2[C@@H]3CC=C4CC5(CC[C@]4(C)[C@H]3CC[C@]12C)OCCO5. The molecular formula is C23H32O2. The van der Waals surface area contributed by atoms with Crippen molar-refractivity contribution >= 4 is 0 Å². The van der Waals surface area contributed by atoms with Crippen LogP contribution in [0.1, 0.15) is 65.2 Å². The highest BCUT2D eigenvalue weighted by atomic mass is 16.7. The predicted molar refractivity (Wildman–Crippen MR) is 98.7 cm³/mol. The van der Waals surface area contributed by atoms with E-state index in [1.807, 2.05) is 0 Å². The molecule has 5 rings (SSSR count). The van der Waals surface area contributed by atoms with E-state index < -0.39 is 0 Å². The maximum Gasteiger partial charge on any atom is 0.172 e. The highest BCUT2D eigenvalue weighted by Gasteiger charge is 2.60. The van der Waals surface area contributed by atoms with Crippen LogP contribution >= 0.6 is 0 Å². The Labute approximate surface area is 152 Å². The minimum absolute atomic E-state index is 0.288. The fourth-order valence-electron chi connectivity index (χ4n) is 7.62. The average Bonchev–Trinajstić information content (AvgIpc) is 3.19. The standard InChI is InChI=1S/C23H32O2/c1-4-16-6-8-19-18-7-5-17-15-23(24-13-14-25-23)12-11-22(17,3)20(18)9-10-21(16,19)2/h1,5,16,18-20H,6-15H2,2-3H3/t16?,18-,19-,20-,21+,22-/m0/s1. The summed E-state index contributed by atoms with van der Waals surface area (Å²) < 4.78 is 12.1. The summed E-state index contributed by atoms with van der Waals surface area (Å²) in [5, 5.41) is 0. The number of fused-ring (bicyclic) bond motifs is 5. The third-order valence-electron chi connectivity index (χ3n) is 9.13. The average molecular weight is 341 g/mol. The zero-order chi connectivity index (χ0) is 17.3. The van der Waals surface area contributed by atoms with Crippen LogP contribution < -0.4 is 0 Å². The first-order chi connectivity index (χ1) is 12.0. The van der Waals surface area contributed by atoms with Gasteiger partial charge in [0, 0.05) is 18.8 Å². The summed E-state index contributed by atoms with van der Waals surface area (Å²) >= 11 is 0. The highest BCUT2D eigenvalue weighted by molar-refractivity contribution is 5.27. The Morgan fingerprint density at radius 1 is 1.04 bits per heavy atom. The second-order valence-corrected chi connectivity index (χ2v) is 9.88. The maximum absolute atomic E-state index is 6.04. The molecule has 1 unspecified atom stereocenters. The van der Waals surface area contributed by atoms with Gasteiger partial charge in [-0.05, 0) is 67.1 Å². The van der Waals surface area contributed by atoms with Crippen LogP contribution in [-0.2, 0) is 9.47 Å². The van der Waals surface area contributed by atoms with E-state index in [-0.39, 0.29) is 5.79 Å². The number of hydrogen-bond acceptors (Lipinski definition) is 2. The molecule has 0 radical (unpaired) electrons. The first-order valence-corrected chi connectivity index (χ1v) is 10.4. The number of ether oxygens (including phenoxy) is 2. The Morgan fingerprint density at radius 2 is 1.84 bits per heavy atom. The molecule has 0 amide bonds. The first-order valence-electron chi connectivity index (χ1n) is 10.4. The minimum atomic E-state index is -0.288. The lowest BCUT2D eigenvalue weighted by Crippen LogP contribution is -2.52. The van der Waals surface area contributed by atoms with Gasteiger partial charge in [-0.15, -0.1) is 12.3 Å². The largest absolute Gasteiger partial charge is 0.347 e. The molecule has 2 heteroatoms. The molecule has 0 aromatic rings. The maximum atomic E-state index is 6.04. The van der Waals surface area contributed by atoms with E-state index in [1.165, 1.54) is 38.5 Å². The Morgan fingerprint density at radius 3 is 2.60 bits per heavy atom. The summed E-state index contributed by atoms with van der Waals surface area (Å²) in [5.74, 6) is 5.87. The lowest BCUT2D eigenvalue weighted by Gasteiger charge is -2.58. The van der Waals surface area contributed by atoms with E-state index >= 15 is 0 Å². The molecule has 136 valence electrons. The summed E-state index contributed by atoms with van der Waals surface area (Å²) in [6, 6.07) is 0. The summed E-state index contributed by atoms with van der Waals surface area (Å²) in [7, 11) is 0. The summed E-state index contributed by atoms with van der Waals surface area (Å²) in [4.78, 5) is 0. The van der Waals surface area contributed by atoms with Gasteiger partial charge in [-0.3, -0.25) is 0 Å². The first kappa shape index (κ1) is 16.4. The van der Waals surface area contributed by atoms with Crippen molar-refractivity contribution < 1.29 is 9.47 Å². The lowest BCUT2D eigenvalue weighted by molar-refractivity contribution is -0.185. The van der Waals surface area contributed by atoms with Gasteiger partial charge >= 0.3 is 0 Å². The van der Waals surface area contributed by atoms with Crippen LogP contribution in [0.15, 0.2) is 11.6 Å². The van der Waals surface area contributed by atoms with Gasteiger partial charge in [0.25, 0.3) is 0 Å². The zero-order valence-corrected chi connectivity index (χ0v) is 15.9. The molecule has 0 aromatic heterocycles. The van der Waals surface area contributed by atoms with E-state index in [0.29, 0.717) is 16.7 Å². The van der Waals surface area contributed by atoms with Crippen molar-refractivity contribution in [1.82, 2.24) is 0 Å². The van der Waals surface area contributed by atoms with E-state index in [0.717, 1.165) is 43.8 Å². The molecular weight excluding hydrogens is 308 g/mol. The van der Waals surface area contributed by atoms with Gasteiger partial charge in [0.1, 0.15) is 0 Å². The van der Waals surface area contributed by atoms with Crippen molar-refractivity contribution in [2.75, 3.05) is 13.2 Å². The van der Waals surface area contributed by atoms with Crippen LogP contribution in [0.5, 0.6) is 0 Å². The minimum Gasteiger partial charge on any atom is -0.347 e. The molecule has 1 spiro atoms. The van der Waals surface area contributed by atoms with Gasteiger partial charge < -0.3 is 9.47 Å². The van der Waals surface area contributed by atoms with E-state index in [1.54, 1.807) is 5.57 Å². The van der Waals surface area contributed by atoms with Crippen molar-refractivity contribution in [2.24, 2.45) is 34.5 Å². The molecule has 1 saturated heterocycles. The Hall–Kier alpha value is -0.780. The van der Waals surface area contributed by atoms with Crippen molar-refractivity contribution in [3.8, 4) is 12.3 Å². The van der Waals surface area contributed by atoms with Crippen LogP contribution in [0, 0.1) is 46.8 Å². The van der Waals surface area contributed by atoms with Gasteiger partial charge in [0.05, 0.1) is 13.2 Å². The predicted octanol–water partition coefficient (Wildman–Crippen LogP) is 4.94. The molecule has 4 aliphatic carbocycles. The highest BCUT2D eigenvalue weighted by Crippen LogP contribution is 2.66. The second-order valence-electron chi connectivity index (χ2n) is 9.88. The zero-order valence-electron chi connectivity index (χ0n) is 15.9. The van der Waals surface area contributed by atoms with Gasteiger partial charge in [0.15, 0.2) is 5.79 Å². The van der Waals surface area contributed by atoms with Crippen LogP contribution in [0.25, 0.3) is 0 Å². The van der Waals surface area contributed by atoms with Crippen LogP contribution in [-0.4, -0.2) is 19.0 Å². The number of hydrogen-bond donors (Lipinski definition) is 0. The third-order valence-corrected chi connectivity index (χ3v) is 9.13. The van der Waals surface area contributed by atoms with Crippen molar-refractivity contribution in [3.05, 3.63) is 11.6 Å². The van der Waals surface area contributed by atoms with Crippen LogP contribution in [0.3, 0.4) is 0 Å².